The van der Waals surface area contributed by atoms with Crippen molar-refractivity contribution in [3.8, 4) is 55.6 Å². The molecule has 0 amide bonds. The quantitative estimate of drug-likeness (QED) is 0.152. The molecule has 1 atom stereocenters. The Bertz CT molecular complexity index is 3110. The van der Waals surface area contributed by atoms with Crippen molar-refractivity contribution in [3.63, 3.8) is 0 Å². The average Bonchev–Trinajstić information content (AvgIpc) is 3.70. The maximum absolute atomic E-state index is 3.87. The van der Waals surface area contributed by atoms with Crippen LogP contribution in [-0.4, -0.2) is 0 Å². The van der Waals surface area contributed by atoms with Gasteiger partial charge in [0, 0.05) is 33.6 Å². The third-order valence-corrected chi connectivity index (χ3v) is 13.5. The summed E-state index contributed by atoms with van der Waals surface area (Å²) in [6.07, 6.45) is 0.838. The van der Waals surface area contributed by atoms with Crippen LogP contribution < -0.4 is 10.6 Å². The molecule has 0 fully saturated rings. The molecule has 2 N–H and O–H groups in total. The maximum Gasteiger partial charge on any atom is 0.0390 e. The normalized spacial score (nSPS) is 15.3. The fourth-order valence-electron chi connectivity index (χ4n) is 10.3. The van der Waals surface area contributed by atoms with Gasteiger partial charge >= 0.3 is 0 Å². The molecule has 0 radical (unpaired) electrons. The van der Waals surface area contributed by atoms with Crippen LogP contribution in [0.15, 0.2) is 212 Å². The SMILES string of the molecule is CC1(C)c2cc(-c3ccccc3)ccc2-c2c(CC3(C)c4ccccc4-c4ccc(Nc5cccc(-c6ccccc6)c5)cc43)cc(Nc3ccc(-c4ccccc4)cc3)cc21. The summed E-state index contributed by atoms with van der Waals surface area (Å²) in [5, 5.41) is 7.67. The first-order valence-corrected chi connectivity index (χ1v) is 21.8. The Balaban J connectivity index is 1.02. The predicted octanol–water partition coefficient (Wildman–Crippen LogP) is 16.0. The second-order valence-electron chi connectivity index (χ2n) is 17.8. The van der Waals surface area contributed by atoms with E-state index in [1.165, 1.54) is 83.5 Å². The first-order chi connectivity index (χ1) is 30.3. The molecule has 2 nitrogen and oxygen atoms in total. The van der Waals surface area contributed by atoms with E-state index in [-0.39, 0.29) is 10.8 Å². The predicted molar refractivity (Wildman–Crippen MR) is 262 cm³/mol. The van der Waals surface area contributed by atoms with Gasteiger partial charge in [-0.25, -0.2) is 0 Å². The van der Waals surface area contributed by atoms with Crippen LogP contribution in [0.1, 0.15) is 48.6 Å². The summed E-state index contributed by atoms with van der Waals surface area (Å²) in [4.78, 5) is 0. The number of fused-ring (bicyclic) bond motifs is 6. The zero-order valence-electron chi connectivity index (χ0n) is 35.4. The number of nitrogens with one attached hydrogen (secondary N) is 2. The van der Waals surface area contributed by atoms with Crippen molar-refractivity contribution >= 4 is 22.7 Å². The largest absolute Gasteiger partial charge is 0.356 e. The van der Waals surface area contributed by atoms with Gasteiger partial charge in [0.25, 0.3) is 0 Å². The van der Waals surface area contributed by atoms with Crippen LogP contribution in [0.5, 0.6) is 0 Å². The van der Waals surface area contributed by atoms with Crippen LogP contribution in [0.4, 0.5) is 22.7 Å². The van der Waals surface area contributed by atoms with Gasteiger partial charge in [0.15, 0.2) is 0 Å². The summed E-state index contributed by atoms with van der Waals surface area (Å²) >= 11 is 0. The van der Waals surface area contributed by atoms with E-state index in [1.807, 2.05) is 0 Å². The Morgan fingerprint density at radius 1 is 0.323 bits per heavy atom. The maximum atomic E-state index is 3.87. The third-order valence-electron chi connectivity index (χ3n) is 13.5. The van der Waals surface area contributed by atoms with Crippen molar-refractivity contribution in [3.05, 3.63) is 240 Å². The van der Waals surface area contributed by atoms with Gasteiger partial charge in [0.1, 0.15) is 0 Å². The van der Waals surface area contributed by atoms with E-state index in [1.54, 1.807) is 0 Å². The fourth-order valence-corrected chi connectivity index (χ4v) is 10.3. The van der Waals surface area contributed by atoms with Gasteiger partial charge in [-0.2, -0.15) is 0 Å². The molecule has 2 heteroatoms. The molecule has 0 spiro atoms. The highest BCUT2D eigenvalue weighted by Gasteiger charge is 2.43. The molecule has 0 heterocycles. The first-order valence-electron chi connectivity index (χ1n) is 21.8. The number of hydrogen-bond donors (Lipinski definition) is 2. The molecular formula is C60H48N2. The molecule has 9 aromatic carbocycles. The number of anilines is 4. The first kappa shape index (κ1) is 37.6. The van der Waals surface area contributed by atoms with Crippen LogP contribution in [0, 0.1) is 0 Å². The van der Waals surface area contributed by atoms with Gasteiger partial charge in [-0.3, -0.25) is 0 Å². The smallest absolute Gasteiger partial charge is 0.0390 e. The van der Waals surface area contributed by atoms with Gasteiger partial charge < -0.3 is 10.6 Å². The topological polar surface area (TPSA) is 24.1 Å². The molecule has 0 bridgehead atoms. The highest BCUT2D eigenvalue weighted by Crippen LogP contribution is 2.56. The van der Waals surface area contributed by atoms with Crippen LogP contribution in [0.3, 0.4) is 0 Å². The molecular weight excluding hydrogens is 749 g/mol. The van der Waals surface area contributed by atoms with Crippen LogP contribution in [0.2, 0.25) is 0 Å². The van der Waals surface area contributed by atoms with E-state index in [0.29, 0.717) is 0 Å². The van der Waals surface area contributed by atoms with Gasteiger partial charge in [-0.15, -0.1) is 0 Å². The second kappa shape index (κ2) is 14.9. The molecule has 11 rings (SSSR count). The molecule has 2 aliphatic rings. The highest BCUT2D eigenvalue weighted by atomic mass is 14.9. The summed E-state index contributed by atoms with van der Waals surface area (Å²) in [7, 11) is 0. The molecule has 0 saturated carbocycles. The lowest BCUT2D eigenvalue weighted by atomic mass is 9.73. The molecule has 2 aliphatic carbocycles. The van der Waals surface area contributed by atoms with Gasteiger partial charge in [0.05, 0.1) is 0 Å². The Kier molecular flexibility index (Phi) is 9.05. The van der Waals surface area contributed by atoms with E-state index in [0.717, 1.165) is 29.2 Å². The van der Waals surface area contributed by atoms with Gasteiger partial charge in [0.2, 0.25) is 0 Å². The summed E-state index contributed by atoms with van der Waals surface area (Å²) in [5.74, 6) is 0. The summed E-state index contributed by atoms with van der Waals surface area (Å²) in [6, 6.07) is 77.6. The lowest BCUT2D eigenvalue weighted by Gasteiger charge is -2.30. The van der Waals surface area contributed by atoms with Crippen molar-refractivity contribution in [2.45, 2.75) is 38.0 Å². The van der Waals surface area contributed by atoms with Crippen molar-refractivity contribution in [1.29, 1.82) is 0 Å². The molecule has 62 heavy (non-hydrogen) atoms. The van der Waals surface area contributed by atoms with Crippen molar-refractivity contribution in [2.75, 3.05) is 10.6 Å². The summed E-state index contributed by atoms with van der Waals surface area (Å²) in [5.41, 5.74) is 23.3. The zero-order valence-corrected chi connectivity index (χ0v) is 35.4. The van der Waals surface area contributed by atoms with Gasteiger partial charge in [-0.05, 0) is 144 Å². The van der Waals surface area contributed by atoms with Gasteiger partial charge in [-0.1, -0.05) is 178 Å². The van der Waals surface area contributed by atoms with E-state index < -0.39 is 0 Å². The number of hydrogen-bond acceptors (Lipinski definition) is 2. The molecule has 298 valence electrons. The van der Waals surface area contributed by atoms with Crippen molar-refractivity contribution in [1.82, 2.24) is 0 Å². The van der Waals surface area contributed by atoms with Crippen molar-refractivity contribution in [2.24, 2.45) is 0 Å². The Hall–Kier alpha value is -7.42. The van der Waals surface area contributed by atoms with Crippen LogP contribution in [-0.2, 0) is 17.3 Å². The van der Waals surface area contributed by atoms with E-state index >= 15 is 0 Å². The summed E-state index contributed by atoms with van der Waals surface area (Å²) < 4.78 is 0. The van der Waals surface area contributed by atoms with Crippen LogP contribution in [0.25, 0.3) is 55.6 Å². The lowest BCUT2D eigenvalue weighted by Crippen LogP contribution is -2.25. The van der Waals surface area contributed by atoms with Crippen LogP contribution >= 0.6 is 0 Å². The Morgan fingerprint density at radius 2 is 0.823 bits per heavy atom. The van der Waals surface area contributed by atoms with E-state index in [2.05, 4.69) is 244 Å². The minimum atomic E-state index is -0.296. The van der Waals surface area contributed by atoms with Crippen molar-refractivity contribution < 1.29 is 0 Å². The molecule has 0 saturated heterocycles. The Morgan fingerprint density at radius 3 is 1.53 bits per heavy atom. The fraction of sp³-hybridized carbons (Fsp3) is 0.100. The van der Waals surface area contributed by atoms with E-state index in [9.17, 15) is 0 Å². The number of benzene rings is 9. The molecule has 0 aromatic heterocycles. The molecule has 1 unspecified atom stereocenters. The lowest BCUT2D eigenvalue weighted by molar-refractivity contribution is 0.583. The minimum absolute atomic E-state index is 0.211. The minimum Gasteiger partial charge on any atom is -0.356 e. The third kappa shape index (κ3) is 6.51. The zero-order chi connectivity index (χ0) is 41.8. The standard InChI is InChI=1S/C60H48N2/c1-59(2)55-36-45(42-20-11-6-12-21-42)28-32-53(55)58-46(35-50(38-57(58)59)61-47-29-26-43(27-30-47)40-16-7-4-8-17-40)39-60(3)54-25-14-13-24-51(54)52-33-31-49(37-56(52)60)62-48-23-15-22-44(34-48)41-18-9-5-10-19-41/h4-38,61-62H,39H2,1-3H3. The summed E-state index contributed by atoms with van der Waals surface area (Å²) in [6.45, 7) is 7.27. The monoisotopic (exact) mass is 796 g/mol. The average molecular weight is 797 g/mol. The molecule has 9 aromatic rings. The number of rotatable bonds is 9. The Labute approximate surface area is 365 Å². The highest BCUT2D eigenvalue weighted by molar-refractivity contribution is 5.89. The second-order valence-corrected chi connectivity index (χ2v) is 17.8. The van der Waals surface area contributed by atoms with E-state index in [4.69, 9.17) is 0 Å². The molecule has 0 aliphatic heterocycles.